The van der Waals surface area contributed by atoms with E-state index in [0.29, 0.717) is 0 Å². The maximum Gasteiger partial charge on any atom is 1.00 e. The van der Waals surface area contributed by atoms with E-state index >= 15 is 0 Å². The van der Waals surface area contributed by atoms with Crippen molar-refractivity contribution < 1.29 is 120 Å². The van der Waals surface area contributed by atoms with Crippen molar-refractivity contribution in [2.45, 2.75) is 25.7 Å². The van der Waals surface area contributed by atoms with Gasteiger partial charge in [-0.1, -0.05) is 8.78 Å². The quantitative estimate of drug-likeness (QED) is 0.135. The third kappa shape index (κ3) is 29.7. The summed E-state index contributed by atoms with van der Waals surface area (Å²) >= 11 is 0. The molecule has 0 unspecified atom stereocenters. The van der Waals surface area contributed by atoms with Crippen molar-refractivity contribution in [3.8, 4) is 0 Å². The Hall–Kier alpha value is 1.50. The minimum absolute atomic E-state index is 0. The third-order valence-corrected chi connectivity index (χ3v) is 5.81. The predicted octanol–water partition coefficient (Wildman–Crippen LogP) is -6.91. The van der Waals surface area contributed by atoms with E-state index in [1.165, 1.54) is 0 Å². The molecular formula is C8H16F2Na2O12S4. The fourth-order valence-corrected chi connectivity index (χ4v) is 3.54. The molecule has 0 aliphatic heterocycles. The molecule has 0 fully saturated rings. The van der Waals surface area contributed by atoms with Crippen molar-refractivity contribution in [1.29, 1.82) is 0 Å². The third-order valence-electron chi connectivity index (χ3n) is 2.27. The number of halogens is 2. The normalized spacial score (nSPS) is 12.1. The SMILES string of the molecule is O=S(=O)([O-])CCCCS(=O)(=O)OF.O=S(=O)([O-])CCCCS(=O)(=O)OF.[Na+].[Na+]. The monoisotopic (exact) mass is 516 g/mol. The second-order valence-corrected chi connectivity index (χ2v) is 10.9. The smallest absolute Gasteiger partial charge is 0.748 e. The number of unbranched alkanes of at least 4 members (excludes halogenated alkanes) is 2. The molecule has 0 rings (SSSR count). The van der Waals surface area contributed by atoms with Crippen LogP contribution in [0.5, 0.6) is 0 Å². The van der Waals surface area contributed by atoms with Gasteiger partial charge in [0.25, 0.3) is 20.2 Å². The van der Waals surface area contributed by atoms with Crippen LogP contribution in [0.25, 0.3) is 0 Å². The van der Waals surface area contributed by atoms with E-state index in [0.717, 1.165) is 0 Å². The Bertz CT molecular complexity index is 740. The van der Waals surface area contributed by atoms with Crippen LogP contribution in [0, 0.1) is 0 Å². The Morgan fingerprint density at radius 1 is 0.536 bits per heavy atom. The van der Waals surface area contributed by atoms with Crippen molar-refractivity contribution >= 4 is 40.5 Å². The van der Waals surface area contributed by atoms with E-state index in [-0.39, 0.29) is 84.8 Å². The van der Waals surface area contributed by atoms with Crippen LogP contribution in [-0.2, 0) is 49.2 Å². The summed E-state index contributed by atoms with van der Waals surface area (Å²) < 4.78 is 129. The van der Waals surface area contributed by atoms with Crippen LogP contribution < -0.4 is 59.1 Å². The van der Waals surface area contributed by atoms with Crippen LogP contribution in [0.1, 0.15) is 25.7 Å². The largest absolute Gasteiger partial charge is 1.00 e. The molecule has 20 heteroatoms. The zero-order valence-electron chi connectivity index (χ0n) is 14.9. The summed E-state index contributed by atoms with van der Waals surface area (Å²) in [6.07, 6.45) is -0.524. The molecule has 12 nitrogen and oxygen atoms in total. The van der Waals surface area contributed by atoms with Gasteiger partial charge in [-0.25, -0.2) is 16.8 Å². The molecule has 160 valence electrons. The topological polar surface area (TPSA) is 201 Å². The Balaban J connectivity index is -0.000000192. The van der Waals surface area contributed by atoms with Gasteiger partial charge in [-0.15, -0.1) is 0 Å². The summed E-state index contributed by atoms with van der Waals surface area (Å²) in [5.74, 6) is -2.60. The Kier molecular flexibility index (Phi) is 22.5. The van der Waals surface area contributed by atoms with Crippen molar-refractivity contribution in [3.05, 3.63) is 0 Å². The molecule has 0 aromatic carbocycles. The molecule has 0 bridgehead atoms. The van der Waals surface area contributed by atoms with E-state index in [2.05, 4.69) is 8.78 Å². The molecule has 0 N–H and O–H groups in total. The van der Waals surface area contributed by atoms with Gasteiger partial charge in [0.15, 0.2) is 0 Å². The first kappa shape index (κ1) is 36.8. The molecule has 0 heterocycles. The zero-order valence-corrected chi connectivity index (χ0v) is 22.2. The van der Waals surface area contributed by atoms with E-state index in [1.54, 1.807) is 0 Å². The summed E-state index contributed by atoms with van der Waals surface area (Å²) in [5.41, 5.74) is 0. The van der Waals surface area contributed by atoms with Crippen molar-refractivity contribution in [1.82, 2.24) is 0 Å². The van der Waals surface area contributed by atoms with Gasteiger partial charge < -0.3 is 9.11 Å². The summed E-state index contributed by atoms with van der Waals surface area (Å²) in [5, 5.41) is 0. The molecule has 0 aromatic heterocycles. The molecule has 0 aliphatic carbocycles. The molecule has 0 saturated heterocycles. The van der Waals surface area contributed by atoms with E-state index < -0.39 is 63.5 Å². The minimum atomic E-state index is -4.33. The predicted molar refractivity (Wildman–Crippen MR) is 79.6 cm³/mol. The average Bonchev–Trinajstić information content (AvgIpc) is 2.47. The van der Waals surface area contributed by atoms with Crippen molar-refractivity contribution in [3.63, 3.8) is 0 Å². The molecule has 28 heavy (non-hydrogen) atoms. The van der Waals surface area contributed by atoms with Crippen LogP contribution >= 0.6 is 0 Å². The minimum Gasteiger partial charge on any atom is -0.748 e. The molecule has 0 aliphatic rings. The van der Waals surface area contributed by atoms with E-state index in [4.69, 9.17) is 0 Å². The Morgan fingerprint density at radius 3 is 0.929 bits per heavy atom. The molecule has 0 atom stereocenters. The molecular weight excluding hydrogens is 500 g/mol. The van der Waals surface area contributed by atoms with Crippen LogP contribution in [-0.4, -0.2) is 65.8 Å². The van der Waals surface area contributed by atoms with Crippen molar-refractivity contribution in [2.24, 2.45) is 0 Å². The van der Waals surface area contributed by atoms with Gasteiger partial charge in [0.2, 0.25) is 0 Å². The first-order valence-electron chi connectivity index (χ1n) is 6.46. The van der Waals surface area contributed by atoms with Gasteiger partial charge in [-0.3, -0.25) is 0 Å². The van der Waals surface area contributed by atoms with E-state index in [1.807, 2.05) is 0 Å². The fourth-order valence-electron chi connectivity index (χ4n) is 1.18. The first-order valence-corrected chi connectivity index (χ1v) is 12.8. The van der Waals surface area contributed by atoms with Gasteiger partial charge in [0, 0.05) is 11.5 Å². The number of hydrogen-bond acceptors (Lipinski definition) is 12. The van der Waals surface area contributed by atoms with Gasteiger partial charge in [0.1, 0.15) is 0 Å². The molecule has 0 amide bonds. The van der Waals surface area contributed by atoms with Gasteiger partial charge in [-0.05, 0) is 34.7 Å². The number of rotatable bonds is 12. The van der Waals surface area contributed by atoms with Crippen LogP contribution in [0.2, 0.25) is 0 Å². The van der Waals surface area contributed by atoms with Gasteiger partial charge >= 0.3 is 59.1 Å². The first-order chi connectivity index (χ1) is 11.5. The van der Waals surface area contributed by atoms with Gasteiger partial charge in [0.05, 0.1) is 31.7 Å². The fraction of sp³-hybridized carbons (Fsp3) is 1.00. The van der Waals surface area contributed by atoms with E-state index in [9.17, 15) is 51.8 Å². The standard InChI is InChI=1S/2C4H9FO6S2.2Na/c2*5-11-13(9,10)4-2-1-3-12(6,7)8;;/h2*1-4H2,(H,6,7,8);;/q;;2*+1/p-2. The summed E-state index contributed by atoms with van der Waals surface area (Å²) in [4.78, 5) is 0. The Labute approximate surface area is 206 Å². The average molecular weight is 516 g/mol. The zero-order chi connectivity index (χ0) is 21.1. The van der Waals surface area contributed by atoms with Crippen LogP contribution in [0.3, 0.4) is 0 Å². The van der Waals surface area contributed by atoms with Gasteiger partial charge in [-0.2, -0.15) is 16.8 Å². The summed E-state index contributed by atoms with van der Waals surface area (Å²) in [6.45, 7) is 0. The maximum atomic E-state index is 11.2. The second-order valence-electron chi connectivity index (χ2n) is 4.59. The molecule has 0 spiro atoms. The summed E-state index contributed by atoms with van der Waals surface area (Å²) in [7, 11) is -17.1. The van der Waals surface area contributed by atoms with Crippen LogP contribution in [0.15, 0.2) is 0 Å². The maximum absolute atomic E-state index is 11.2. The summed E-state index contributed by atoms with van der Waals surface area (Å²) in [6, 6.07) is 0. The molecule has 0 saturated carbocycles. The van der Waals surface area contributed by atoms with Crippen molar-refractivity contribution in [2.75, 3.05) is 23.0 Å². The molecule has 0 radical (unpaired) electrons. The van der Waals surface area contributed by atoms with Crippen LogP contribution in [0.4, 0.5) is 9.05 Å². The molecule has 0 aromatic rings. The Morgan fingerprint density at radius 2 is 0.750 bits per heavy atom. The number of hydrogen-bond donors (Lipinski definition) is 0. The second kappa shape index (κ2) is 17.1.